The highest BCUT2D eigenvalue weighted by atomic mass is 79.9. The van der Waals surface area contributed by atoms with Gasteiger partial charge in [0.15, 0.2) is 5.75 Å². The van der Waals surface area contributed by atoms with Gasteiger partial charge in [-0.1, -0.05) is 31.4 Å². The molecule has 2 rings (SSSR count). The fourth-order valence-electron chi connectivity index (χ4n) is 2.90. The highest BCUT2D eigenvalue weighted by molar-refractivity contribution is 9.10. The van der Waals surface area contributed by atoms with Gasteiger partial charge in [0.1, 0.15) is 0 Å². The van der Waals surface area contributed by atoms with Crippen LogP contribution in [0.25, 0.3) is 0 Å². The quantitative estimate of drug-likeness (QED) is 0.680. The fraction of sp³-hybridized carbons (Fsp3) is 0.600. The van der Waals surface area contributed by atoms with Crippen LogP contribution in [0.15, 0.2) is 16.6 Å². The van der Waals surface area contributed by atoms with Gasteiger partial charge >= 0.3 is 6.61 Å². The van der Waals surface area contributed by atoms with E-state index in [1.165, 1.54) is 25.7 Å². The second kappa shape index (κ2) is 7.63. The monoisotopic (exact) mass is 381 g/mol. The number of ether oxygens (including phenoxy) is 1. The van der Waals surface area contributed by atoms with E-state index >= 15 is 0 Å². The van der Waals surface area contributed by atoms with E-state index in [-0.39, 0.29) is 5.75 Å². The highest BCUT2D eigenvalue weighted by Crippen LogP contribution is 2.38. The Labute approximate surface area is 137 Å². The van der Waals surface area contributed by atoms with E-state index in [0.29, 0.717) is 21.1 Å². The molecule has 2 unspecified atom stereocenters. The van der Waals surface area contributed by atoms with Crippen molar-refractivity contribution < 1.29 is 13.5 Å². The molecule has 118 valence electrons. The fourth-order valence-corrected chi connectivity index (χ4v) is 3.80. The van der Waals surface area contributed by atoms with Gasteiger partial charge in [-0.2, -0.15) is 8.78 Å². The largest absolute Gasteiger partial charge is 0.431 e. The predicted molar refractivity (Wildman–Crippen MR) is 85.4 cm³/mol. The Balaban J connectivity index is 2.07. The molecule has 0 radical (unpaired) electrons. The number of rotatable bonds is 5. The van der Waals surface area contributed by atoms with Gasteiger partial charge in [0.05, 0.1) is 10.2 Å². The SMILES string of the molecule is CC1CCCC(CNc2cc(Cl)cc(Br)c2OC(F)F)C1. The van der Waals surface area contributed by atoms with E-state index in [2.05, 4.69) is 32.9 Å². The highest BCUT2D eigenvalue weighted by Gasteiger charge is 2.20. The zero-order valence-corrected chi connectivity index (χ0v) is 14.2. The molecule has 0 heterocycles. The van der Waals surface area contributed by atoms with E-state index in [9.17, 15) is 8.78 Å². The Kier molecular flexibility index (Phi) is 6.11. The molecule has 1 aliphatic carbocycles. The van der Waals surface area contributed by atoms with Gasteiger partial charge in [0.2, 0.25) is 0 Å². The van der Waals surface area contributed by atoms with E-state index in [4.69, 9.17) is 11.6 Å². The minimum Gasteiger partial charge on any atom is -0.431 e. The maximum absolute atomic E-state index is 12.5. The van der Waals surface area contributed by atoms with Gasteiger partial charge in [-0.25, -0.2) is 0 Å². The van der Waals surface area contributed by atoms with Crippen molar-refractivity contribution in [1.29, 1.82) is 0 Å². The Morgan fingerprint density at radius 3 is 2.86 bits per heavy atom. The molecule has 1 fully saturated rings. The third kappa shape index (κ3) is 4.99. The first-order chi connectivity index (χ1) is 9.95. The summed E-state index contributed by atoms with van der Waals surface area (Å²) in [5.41, 5.74) is 0.507. The second-order valence-corrected chi connectivity index (χ2v) is 6.95. The van der Waals surface area contributed by atoms with Crippen molar-refractivity contribution in [1.82, 2.24) is 0 Å². The number of hydrogen-bond donors (Lipinski definition) is 1. The van der Waals surface area contributed by atoms with Crippen molar-refractivity contribution in [3.8, 4) is 5.75 Å². The molecule has 0 aromatic heterocycles. The van der Waals surface area contributed by atoms with Crippen molar-refractivity contribution in [3.05, 3.63) is 21.6 Å². The maximum atomic E-state index is 12.5. The first-order valence-electron chi connectivity index (χ1n) is 7.13. The summed E-state index contributed by atoms with van der Waals surface area (Å²) in [4.78, 5) is 0. The van der Waals surface area contributed by atoms with Gasteiger partial charge in [-0.05, 0) is 52.7 Å². The molecule has 1 saturated carbocycles. The lowest BCUT2D eigenvalue weighted by Crippen LogP contribution is -2.21. The Hall–Kier alpha value is -0.550. The molecular formula is C15H19BrClF2NO. The molecule has 0 bridgehead atoms. The van der Waals surface area contributed by atoms with Crippen LogP contribution in [0.5, 0.6) is 5.75 Å². The van der Waals surface area contributed by atoms with Crippen molar-refractivity contribution in [2.24, 2.45) is 11.8 Å². The van der Waals surface area contributed by atoms with Crippen molar-refractivity contribution in [3.63, 3.8) is 0 Å². The molecule has 2 nitrogen and oxygen atoms in total. The summed E-state index contributed by atoms with van der Waals surface area (Å²) in [5, 5.41) is 3.69. The molecule has 2 atom stereocenters. The zero-order valence-electron chi connectivity index (χ0n) is 11.8. The van der Waals surface area contributed by atoms with Crippen LogP contribution < -0.4 is 10.1 Å². The standard InChI is InChI=1S/C15H19BrClF2NO/c1-9-3-2-4-10(5-9)8-20-13-7-11(17)6-12(16)14(13)21-15(18)19/h6-7,9-10,15,20H,2-5,8H2,1H3. The van der Waals surface area contributed by atoms with Crippen LogP contribution >= 0.6 is 27.5 Å². The van der Waals surface area contributed by atoms with E-state index in [0.717, 1.165) is 12.5 Å². The first kappa shape index (κ1) is 16.8. The Bertz CT molecular complexity index is 487. The summed E-state index contributed by atoms with van der Waals surface area (Å²) in [5.74, 6) is 1.40. The number of hydrogen-bond acceptors (Lipinski definition) is 2. The van der Waals surface area contributed by atoms with Gasteiger partial charge in [-0.3, -0.25) is 0 Å². The van der Waals surface area contributed by atoms with Crippen LogP contribution in [0.2, 0.25) is 5.02 Å². The molecule has 1 N–H and O–H groups in total. The third-order valence-corrected chi connectivity index (χ3v) is 4.65. The third-order valence-electron chi connectivity index (χ3n) is 3.84. The average Bonchev–Trinajstić information content (AvgIpc) is 2.39. The second-order valence-electron chi connectivity index (χ2n) is 5.66. The van der Waals surface area contributed by atoms with E-state index in [1.54, 1.807) is 12.1 Å². The van der Waals surface area contributed by atoms with Crippen LogP contribution in [0.1, 0.15) is 32.6 Å². The molecule has 1 aliphatic rings. The number of alkyl halides is 2. The van der Waals surface area contributed by atoms with Crippen LogP contribution in [0.4, 0.5) is 14.5 Å². The van der Waals surface area contributed by atoms with Crippen molar-refractivity contribution in [2.45, 2.75) is 39.2 Å². The summed E-state index contributed by atoms with van der Waals surface area (Å²) in [7, 11) is 0. The summed E-state index contributed by atoms with van der Waals surface area (Å²) in [6, 6.07) is 3.17. The molecule has 21 heavy (non-hydrogen) atoms. The lowest BCUT2D eigenvalue weighted by molar-refractivity contribution is -0.0498. The number of nitrogens with one attached hydrogen (secondary N) is 1. The minimum atomic E-state index is -2.86. The number of anilines is 1. The van der Waals surface area contributed by atoms with Crippen LogP contribution in [-0.2, 0) is 0 Å². The molecule has 6 heteroatoms. The molecule has 0 spiro atoms. The minimum absolute atomic E-state index is 0.109. The van der Waals surface area contributed by atoms with Crippen molar-refractivity contribution in [2.75, 3.05) is 11.9 Å². The van der Waals surface area contributed by atoms with Crippen molar-refractivity contribution >= 4 is 33.2 Å². The van der Waals surface area contributed by atoms with Gasteiger partial charge in [0.25, 0.3) is 0 Å². The van der Waals surface area contributed by atoms with Crippen LogP contribution in [-0.4, -0.2) is 13.2 Å². The van der Waals surface area contributed by atoms with E-state index in [1.807, 2.05) is 0 Å². The Morgan fingerprint density at radius 1 is 1.43 bits per heavy atom. The molecular weight excluding hydrogens is 364 g/mol. The maximum Gasteiger partial charge on any atom is 0.387 e. The summed E-state index contributed by atoms with van der Waals surface area (Å²) in [6.45, 7) is 0.141. The summed E-state index contributed by atoms with van der Waals surface area (Å²) < 4.78 is 30.1. The van der Waals surface area contributed by atoms with Crippen LogP contribution in [0, 0.1) is 11.8 Å². The molecule has 0 saturated heterocycles. The lowest BCUT2D eigenvalue weighted by Gasteiger charge is -2.27. The predicted octanol–water partition coefficient (Wildman–Crippen LogP) is 5.94. The normalized spacial score (nSPS) is 22.4. The van der Waals surface area contributed by atoms with Gasteiger partial charge in [-0.15, -0.1) is 0 Å². The number of halogens is 4. The smallest absolute Gasteiger partial charge is 0.387 e. The number of benzene rings is 1. The first-order valence-corrected chi connectivity index (χ1v) is 8.30. The lowest BCUT2D eigenvalue weighted by atomic mass is 9.82. The zero-order chi connectivity index (χ0) is 15.4. The molecule has 0 aliphatic heterocycles. The molecule has 1 aromatic rings. The average molecular weight is 383 g/mol. The molecule has 0 amide bonds. The topological polar surface area (TPSA) is 21.3 Å². The molecule has 1 aromatic carbocycles. The van der Waals surface area contributed by atoms with Gasteiger partial charge in [0, 0.05) is 11.6 Å². The summed E-state index contributed by atoms with van der Waals surface area (Å²) in [6.07, 6.45) is 4.84. The van der Waals surface area contributed by atoms with Crippen LogP contribution in [0.3, 0.4) is 0 Å². The Morgan fingerprint density at radius 2 is 2.19 bits per heavy atom. The summed E-state index contributed by atoms with van der Waals surface area (Å²) >= 11 is 9.21. The van der Waals surface area contributed by atoms with E-state index < -0.39 is 6.61 Å². The van der Waals surface area contributed by atoms with Gasteiger partial charge < -0.3 is 10.1 Å².